The van der Waals surface area contributed by atoms with Crippen molar-refractivity contribution in [3.05, 3.63) is 0 Å². The molecule has 0 aromatic heterocycles. The maximum Gasteiger partial charge on any atom is 0.326 e. The number of nitrogens with zero attached hydrogens (tertiary/aromatic N) is 2. The number of hydrogen-bond donors (Lipinski definition) is 3. The van der Waals surface area contributed by atoms with Crippen molar-refractivity contribution in [1.29, 1.82) is 5.26 Å². The molecule has 0 aromatic carbocycles. The highest BCUT2D eigenvalue weighted by Gasteiger charge is 2.25. The topological polar surface area (TPSA) is 131 Å². The molecule has 0 fully saturated rings. The van der Waals surface area contributed by atoms with Crippen molar-refractivity contribution in [1.82, 2.24) is 10.2 Å². The quantitative estimate of drug-likeness (QED) is 0.595. The Bertz CT molecular complexity index is 402. The molecule has 0 aromatic rings. The zero-order chi connectivity index (χ0) is 15.7. The van der Waals surface area contributed by atoms with E-state index in [0.717, 1.165) is 0 Å². The van der Waals surface area contributed by atoms with Crippen LogP contribution in [0.5, 0.6) is 0 Å². The third-order valence-corrected chi connectivity index (χ3v) is 2.34. The molecular formula is C12H19N3O5. The minimum atomic E-state index is -1.49. The lowest BCUT2D eigenvalue weighted by atomic mass is 10.2. The van der Waals surface area contributed by atoms with E-state index in [1.54, 1.807) is 0 Å². The maximum absolute atomic E-state index is 11.9. The molecule has 1 atom stereocenters. The Labute approximate surface area is 117 Å². The molecule has 0 bridgehead atoms. The van der Waals surface area contributed by atoms with E-state index in [2.05, 4.69) is 5.32 Å². The number of nitriles is 1. The fraction of sp³-hybridized carbons (Fsp3) is 0.667. The molecule has 8 heteroatoms. The molecule has 0 rings (SSSR count). The molecule has 0 aliphatic carbocycles. The first-order valence-corrected chi connectivity index (χ1v) is 6.14. The number of carbonyl (C=O) groups is 3. The van der Waals surface area contributed by atoms with E-state index in [0.29, 0.717) is 6.54 Å². The van der Waals surface area contributed by atoms with Crippen LogP contribution in [0.2, 0.25) is 0 Å². The molecule has 0 aliphatic heterocycles. The number of carbonyl (C=O) groups excluding carboxylic acids is 1. The minimum absolute atomic E-state index is 0.122. The maximum atomic E-state index is 11.9. The summed E-state index contributed by atoms with van der Waals surface area (Å²) in [5, 5.41) is 28.2. The Morgan fingerprint density at radius 1 is 1.30 bits per heavy atom. The SMILES string of the molecule is CC(C)CN(CCC#N)C(=O)N[C@H](CC(=O)O)C(=O)O. The number of carboxylic acid groups (broad SMARTS) is 2. The van der Waals surface area contributed by atoms with Crippen LogP contribution in [-0.2, 0) is 9.59 Å². The van der Waals surface area contributed by atoms with Gasteiger partial charge in [0.1, 0.15) is 6.04 Å². The Kier molecular flexibility index (Phi) is 7.74. The van der Waals surface area contributed by atoms with Crippen LogP contribution in [0.15, 0.2) is 0 Å². The van der Waals surface area contributed by atoms with Crippen molar-refractivity contribution in [2.45, 2.75) is 32.7 Å². The van der Waals surface area contributed by atoms with Gasteiger partial charge in [-0.1, -0.05) is 13.8 Å². The molecule has 0 saturated heterocycles. The molecule has 0 saturated carbocycles. The predicted octanol–water partition coefficient (Wildman–Crippen LogP) is 0.496. The van der Waals surface area contributed by atoms with E-state index in [9.17, 15) is 14.4 Å². The predicted molar refractivity (Wildman–Crippen MR) is 68.8 cm³/mol. The molecule has 3 N–H and O–H groups in total. The van der Waals surface area contributed by atoms with Crippen LogP contribution in [0.1, 0.15) is 26.7 Å². The summed E-state index contributed by atoms with van der Waals surface area (Å²) in [5.41, 5.74) is 0. The van der Waals surface area contributed by atoms with Crippen molar-refractivity contribution in [2.75, 3.05) is 13.1 Å². The molecule has 2 amide bonds. The van der Waals surface area contributed by atoms with Gasteiger partial charge in [0, 0.05) is 13.1 Å². The number of aliphatic carboxylic acids is 2. The molecular weight excluding hydrogens is 266 g/mol. The summed E-state index contributed by atoms with van der Waals surface area (Å²) in [4.78, 5) is 34.7. The second-order valence-electron chi connectivity index (χ2n) is 4.69. The van der Waals surface area contributed by atoms with E-state index in [1.165, 1.54) is 4.90 Å². The lowest BCUT2D eigenvalue weighted by Gasteiger charge is -2.25. The summed E-state index contributed by atoms with van der Waals surface area (Å²) in [6, 6.07) is -0.265. The van der Waals surface area contributed by atoms with Gasteiger partial charge in [-0.05, 0) is 5.92 Å². The Morgan fingerprint density at radius 2 is 1.90 bits per heavy atom. The average molecular weight is 285 g/mol. The van der Waals surface area contributed by atoms with Crippen molar-refractivity contribution in [2.24, 2.45) is 5.92 Å². The standard InChI is InChI=1S/C12H19N3O5/c1-8(2)7-15(5-3-4-13)12(20)14-9(11(18)19)6-10(16)17/h8-9H,3,5-7H2,1-2H3,(H,14,20)(H,16,17)(H,18,19)/t9-/m1/s1. The summed E-state index contributed by atoms with van der Waals surface area (Å²) >= 11 is 0. The number of carboxylic acids is 2. The fourth-order valence-corrected chi connectivity index (χ4v) is 1.52. The lowest BCUT2D eigenvalue weighted by molar-refractivity contribution is -0.145. The largest absolute Gasteiger partial charge is 0.481 e. The summed E-state index contributed by atoms with van der Waals surface area (Å²) < 4.78 is 0. The van der Waals surface area contributed by atoms with Crippen LogP contribution in [0, 0.1) is 17.2 Å². The first-order valence-electron chi connectivity index (χ1n) is 6.14. The highest BCUT2D eigenvalue weighted by atomic mass is 16.4. The van der Waals surface area contributed by atoms with E-state index >= 15 is 0 Å². The zero-order valence-electron chi connectivity index (χ0n) is 11.5. The first kappa shape index (κ1) is 17.7. The third-order valence-electron chi connectivity index (χ3n) is 2.34. The van der Waals surface area contributed by atoms with Crippen molar-refractivity contribution >= 4 is 18.0 Å². The normalized spacial score (nSPS) is 11.5. The Morgan fingerprint density at radius 3 is 2.30 bits per heavy atom. The Balaban J connectivity index is 4.73. The number of amides is 2. The molecule has 0 heterocycles. The summed E-state index contributed by atoms with van der Waals surface area (Å²) in [6.07, 6.45) is -0.578. The van der Waals surface area contributed by atoms with E-state index < -0.39 is 30.4 Å². The molecule has 0 aliphatic rings. The molecule has 8 nitrogen and oxygen atoms in total. The highest BCUT2D eigenvalue weighted by Crippen LogP contribution is 2.02. The van der Waals surface area contributed by atoms with Crippen LogP contribution >= 0.6 is 0 Å². The van der Waals surface area contributed by atoms with Gasteiger partial charge in [-0.15, -0.1) is 0 Å². The monoisotopic (exact) mass is 285 g/mol. The van der Waals surface area contributed by atoms with Gasteiger partial charge in [0.05, 0.1) is 18.9 Å². The van der Waals surface area contributed by atoms with E-state index in [-0.39, 0.29) is 18.9 Å². The van der Waals surface area contributed by atoms with Crippen LogP contribution < -0.4 is 5.32 Å². The fourth-order valence-electron chi connectivity index (χ4n) is 1.52. The van der Waals surface area contributed by atoms with E-state index in [1.807, 2.05) is 19.9 Å². The van der Waals surface area contributed by atoms with Gasteiger partial charge in [0.2, 0.25) is 0 Å². The van der Waals surface area contributed by atoms with Crippen molar-refractivity contribution < 1.29 is 24.6 Å². The number of urea groups is 1. The van der Waals surface area contributed by atoms with Gasteiger partial charge in [0.25, 0.3) is 0 Å². The minimum Gasteiger partial charge on any atom is -0.481 e. The molecule has 20 heavy (non-hydrogen) atoms. The number of nitrogens with one attached hydrogen (secondary N) is 1. The van der Waals surface area contributed by atoms with Gasteiger partial charge in [0.15, 0.2) is 0 Å². The van der Waals surface area contributed by atoms with Gasteiger partial charge in [-0.2, -0.15) is 5.26 Å². The Hall–Kier alpha value is -2.30. The molecule has 0 spiro atoms. The second-order valence-corrected chi connectivity index (χ2v) is 4.69. The van der Waals surface area contributed by atoms with Crippen LogP contribution in [-0.4, -0.2) is 52.2 Å². The van der Waals surface area contributed by atoms with Crippen molar-refractivity contribution in [3.63, 3.8) is 0 Å². The zero-order valence-corrected chi connectivity index (χ0v) is 11.5. The first-order chi connectivity index (χ1) is 9.27. The van der Waals surface area contributed by atoms with Gasteiger partial charge >= 0.3 is 18.0 Å². The smallest absolute Gasteiger partial charge is 0.326 e. The van der Waals surface area contributed by atoms with Crippen LogP contribution in [0.4, 0.5) is 4.79 Å². The number of hydrogen-bond acceptors (Lipinski definition) is 4. The van der Waals surface area contributed by atoms with Crippen LogP contribution in [0.3, 0.4) is 0 Å². The summed E-state index contributed by atoms with van der Waals surface area (Å²) in [7, 11) is 0. The summed E-state index contributed by atoms with van der Waals surface area (Å²) in [5.74, 6) is -2.59. The molecule has 0 unspecified atom stereocenters. The van der Waals surface area contributed by atoms with E-state index in [4.69, 9.17) is 15.5 Å². The lowest BCUT2D eigenvalue weighted by Crippen LogP contribution is -2.49. The van der Waals surface area contributed by atoms with Crippen LogP contribution in [0.25, 0.3) is 0 Å². The number of rotatable bonds is 8. The molecule has 112 valence electrons. The second kappa shape index (κ2) is 8.74. The van der Waals surface area contributed by atoms with Gasteiger partial charge in [-0.25, -0.2) is 9.59 Å². The van der Waals surface area contributed by atoms with Gasteiger partial charge < -0.3 is 20.4 Å². The summed E-state index contributed by atoms with van der Waals surface area (Å²) in [6.45, 7) is 4.27. The average Bonchev–Trinajstić information content (AvgIpc) is 2.32. The molecule has 0 radical (unpaired) electrons. The van der Waals surface area contributed by atoms with Gasteiger partial charge in [-0.3, -0.25) is 4.79 Å². The highest BCUT2D eigenvalue weighted by molar-refractivity contribution is 5.86. The van der Waals surface area contributed by atoms with Crippen molar-refractivity contribution in [3.8, 4) is 6.07 Å². The third kappa shape index (κ3) is 7.20.